The quantitative estimate of drug-likeness (QED) is 0.887. The molecule has 0 atom stereocenters. The average molecular weight is 306 g/mol. The van der Waals surface area contributed by atoms with Crippen molar-refractivity contribution in [3.63, 3.8) is 0 Å². The second-order valence-electron chi connectivity index (χ2n) is 3.82. The van der Waals surface area contributed by atoms with Crippen LogP contribution in [0, 0.1) is 6.92 Å². The molecule has 0 amide bonds. The third kappa shape index (κ3) is 3.16. The van der Waals surface area contributed by atoms with Crippen LogP contribution in [0.25, 0.3) is 0 Å². The number of hydrogen-bond acceptors (Lipinski definition) is 3. The first-order valence-corrected chi connectivity index (χ1v) is 7.16. The van der Waals surface area contributed by atoms with Gasteiger partial charge in [-0.2, -0.15) is 13.1 Å². The standard InChI is InChI=1S/C9H12BrN3O2S/c1-6-4-9(11-5-8(6)10)13-16(14,15)12-7-2-3-7/h4-5,7,12H,2-3H2,1H3,(H,11,13). The lowest BCUT2D eigenvalue weighted by Gasteiger charge is -2.08. The van der Waals surface area contributed by atoms with Gasteiger partial charge in [-0.3, -0.25) is 4.72 Å². The highest BCUT2D eigenvalue weighted by molar-refractivity contribution is 9.10. The van der Waals surface area contributed by atoms with E-state index >= 15 is 0 Å². The zero-order valence-corrected chi connectivity index (χ0v) is 11.1. The molecule has 1 fully saturated rings. The number of pyridine rings is 1. The topological polar surface area (TPSA) is 71.1 Å². The number of nitrogens with one attached hydrogen (secondary N) is 2. The SMILES string of the molecule is Cc1cc(NS(=O)(=O)NC2CC2)ncc1Br. The smallest absolute Gasteiger partial charge is 0.255 e. The van der Waals surface area contributed by atoms with Crippen LogP contribution < -0.4 is 9.44 Å². The molecule has 0 unspecified atom stereocenters. The third-order valence-corrected chi connectivity index (χ3v) is 4.14. The molecule has 0 bridgehead atoms. The van der Waals surface area contributed by atoms with E-state index in [0.717, 1.165) is 22.9 Å². The van der Waals surface area contributed by atoms with Crippen molar-refractivity contribution in [2.24, 2.45) is 0 Å². The number of hydrogen-bond donors (Lipinski definition) is 2. The Hall–Kier alpha value is -0.660. The maximum absolute atomic E-state index is 11.6. The van der Waals surface area contributed by atoms with E-state index in [2.05, 4.69) is 30.4 Å². The van der Waals surface area contributed by atoms with Crippen LogP contribution in [0.1, 0.15) is 18.4 Å². The minimum Gasteiger partial charge on any atom is -0.255 e. The predicted molar refractivity (Wildman–Crippen MR) is 65.4 cm³/mol. The first kappa shape index (κ1) is 11.8. The fraction of sp³-hybridized carbons (Fsp3) is 0.444. The molecule has 2 N–H and O–H groups in total. The Morgan fingerprint density at radius 3 is 2.75 bits per heavy atom. The first-order valence-electron chi connectivity index (χ1n) is 4.88. The van der Waals surface area contributed by atoms with Crippen molar-refractivity contribution in [2.75, 3.05) is 4.72 Å². The fourth-order valence-corrected chi connectivity index (χ4v) is 2.52. The largest absolute Gasteiger partial charge is 0.300 e. The summed E-state index contributed by atoms with van der Waals surface area (Å²) in [5, 5.41) is 0. The van der Waals surface area contributed by atoms with Crippen molar-refractivity contribution in [1.82, 2.24) is 9.71 Å². The Balaban J connectivity index is 2.10. The van der Waals surface area contributed by atoms with E-state index in [4.69, 9.17) is 0 Å². The Morgan fingerprint density at radius 2 is 2.19 bits per heavy atom. The summed E-state index contributed by atoms with van der Waals surface area (Å²) in [6, 6.07) is 1.77. The lowest BCUT2D eigenvalue weighted by Crippen LogP contribution is -2.32. The van der Waals surface area contributed by atoms with E-state index < -0.39 is 10.2 Å². The second-order valence-corrected chi connectivity index (χ2v) is 6.12. The van der Waals surface area contributed by atoms with Gasteiger partial charge in [0, 0.05) is 16.7 Å². The molecule has 0 aliphatic heterocycles. The Bertz CT molecular complexity index is 499. The lowest BCUT2D eigenvalue weighted by molar-refractivity contribution is 0.586. The van der Waals surface area contributed by atoms with Gasteiger partial charge in [0.2, 0.25) is 0 Å². The van der Waals surface area contributed by atoms with Gasteiger partial charge < -0.3 is 0 Å². The summed E-state index contributed by atoms with van der Waals surface area (Å²) >= 11 is 3.30. The molecule has 7 heteroatoms. The molecule has 1 heterocycles. The summed E-state index contributed by atoms with van der Waals surface area (Å²) in [4.78, 5) is 3.97. The molecule has 0 saturated heterocycles. The summed E-state index contributed by atoms with van der Waals surface area (Å²) < 4.78 is 28.9. The van der Waals surface area contributed by atoms with Crippen molar-refractivity contribution >= 4 is 32.0 Å². The number of halogens is 1. The van der Waals surface area contributed by atoms with E-state index in [1.807, 2.05) is 6.92 Å². The summed E-state index contributed by atoms with van der Waals surface area (Å²) in [5.41, 5.74) is 0.930. The predicted octanol–water partition coefficient (Wildman–Crippen LogP) is 1.56. The zero-order chi connectivity index (χ0) is 11.8. The molecular weight excluding hydrogens is 294 g/mol. The van der Waals surface area contributed by atoms with Crippen molar-refractivity contribution in [1.29, 1.82) is 0 Å². The van der Waals surface area contributed by atoms with Gasteiger partial charge in [-0.1, -0.05) is 0 Å². The van der Waals surface area contributed by atoms with Gasteiger partial charge in [0.1, 0.15) is 5.82 Å². The molecule has 1 aliphatic carbocycles. The molecule has 0 spiro atoms. The van der Waals surface area contributed by atoms with Crippen LogP contribution in [0.3, 0.4) is 0 Å². The normalized spacial score (nSPS) is 16.1. The van der Waals surface area contributed by atoms with Gasteiger partial charge in [-0.25, -0.2) is 4.98 Å². The molecule has 0 aromatic carbocycles. The number of aromatic nitrogens is 1. The van der Waals surface area contributed by atoms with Crippen LogP contribution in [0.4, 0.5) is 5.82 Å². The zero-order valence-electron chi connectivity index (χ0n) is 8.70. The molecule has 1 aliphatic rings. The Kier molecular flexibility index (Phi) is 3.18. The first-order chi connectivity index (χ1) is 7.46. The Morgan fingerprint density at radius 1 is 1.50 bits per heavy atom. The van der Waals surface area contributed by atoms with Gasteiger partial charge in [0.05, 0.1) is 0 Å². The molecule has 2 rings (SSSR count). The number of aryl methyl sites for hydroxylation is 1. The lowest BCUT2D eigenvalue weighted by atomic mass is 10.3. The van der Waals surface area contributed by atoms with Crippen molar-refractivity contribution in [3.8, 4) is 0 Å². The third-order valence-electron chi connectivity index (χ3n) is 2.19. The maximum atomic E-state index is 11.6. The van der Waals surface area contributed by atoms with Gasteiger partial charge in [-0.15, -0.1) is 0 Å². The van der Waals surface area contributed by atoms with E-state index in [1.165, 1.54) is 0 Å². The number of anilines is 1. The molecule has 88 valence electrons. The van der Waals surface area contributed by atoms with E-state index in [9.17, 15) is 8.42 Å². The molecule has 1 saturated carbocycles. The number of nitrogens with zero attached hydrogens (tertiary/aromatic N) is 1. The van der Waals surface area contributed by atoms with E-state index in [-0.39, 0.29) is 6.04 Å². The molecule has 1 aromatic heterocycles. The van der Waals surface area contributed by atoms with Crippen LogP contribution in [-0.2, 0) is 10.2 Å². The summed E-state index contributed by atoms with van der Waals surface area (Å²) in [6.45, 7) is 1.87. The maximum Gasteiger partial charge on any atom is 0.300 e. The van der Waals surface area contributed by atoms with Gasteiger partial charge in [0.15, 0.2) is 0 Å². The van der Waals surface area contributed by atoms with Gasteiger partial charge in [-0.05, 0) is 47.3 Å². The molecular formula is C9H12BrN3O2S. The Labute approximate surface area is 103 Å². The van der Waals surface area contributed by atoms with Crippen LogP contribution in [0.5, 0.6) is 0 Å². The van der Waals surface area contributed by atoms with Crippen molar-refractivity contribution in [2.45, 2.75) is 25.8 Å². The van der Waals surface area contributed by atoms with Crippen LogP contribution in [0.2, 0.25) is 0 Å². The number of rotatable bonds is 4. The average Bonchev–Trinajstić information content (AvgIpc) is 2.94. The van der Waals surface area contributed by atoms with Crippen LogP contribution in [0.15, 0.2) is 16.7 Å². The summed E-state index contributed by atoms with van der Waals surface area (Å²) in [6.07, 6.45) is 3.39. The van der Waals surface area contributed by atoms with Crippen LogP contribution in [-0.4, -0.2) is 19.4 Å². The minimum absolute atomic E-state index is 0.0917. The van der Waals surface area contributed by atoms with Gasteiger partial charge >= 0.3 is 10.2 Å². The fourth-order valence-electron chi connectivity index (χ4n) is 1.18. The molecule has 0 radical (unpaired) electrons. The molecule has 5 nitrogen and oxygen atoms in total. The van der Waals surface area contributed by atoms with Crippen LogP contribution >= 0.6 is 15.9 Å². The van der Waals surface area contributed by atoms with E-state index in [1.54, 1.807) is 12.3 Å². The molecule has 16 heavy (non-hydrogen) atoms. The van der Waals surface area contributed by atoms with Crippen molar-refractivity contribution < 1.29 is 8.42 Å². The van der Waals surface area contributed by atoms with Crippen molar-refractivity contribution in [3.05, 3.63) is 22.3 Å². The van der Waals surface area contributed by atoms with Gasteiger partial charge in [0.25, 0.3) is 0 Å². The summed E-state index contributed by atoms with van der Waals surface area (Å²) in [7, 11) is -3.48. The minimum atomic E-state index is -3.48. The molecule has 1 aromatic rings. The highest BCUT2D eigenvalue weighted by Gasteiger charge is 2.26. The summed E-state index contributed by atoms with van der Waals surface area (Å²) in [5.74, 6) is 0.328. The van der Waals surface area contributed by atoms with E-state index in [0.29, 0.717) is 5.82 Å². The highest BCUT2D eigenvalue weighted by atomic mass is 79.9. The highest BCUT2D eigenvalue weighted by Crippen LogP contribution is 2.21. The second kappa shape index (κ2) is 4.31. The monoisotopic (exact) mass is 305 g/mol.